The van der Waals surface area contributed by atoms with Gasteiger partial charge in [0.25, 0.3) is 5.97 Å². The Kier molecular flexibility index (Phi) is 19.0. The van der Waals surface area contributed by atoms with Crippen LogP contribution < -0.4 is 0 Å². The van der Waals surface area contributed by atoms with Gasteiger partial charge in [0, 0.05) is 13.8 Å². The van der Waals surface area contributed by atoms with Crippen LogP contribution in [0.2, 0.25) is 0 Å². The van der Waals surface area contributed by atoms with E-state index >= 15 is 0 Å². The summed E-state index contributed by atoms with van der Waals surface area (Å²) in [6, 6.07) is 6.59. The van der Waals surface area contributed by atoms with Crippen molar-refractivity contribution in [3.63, 3.8) is 0 Å². The molecule has 0 aliphatic carbocycles. The molecule has 30 heavy (non-hydrogen) atoms. The molecule has 0 heterocycles. The van der Waals surface area contributed by atoms with Crippen LogP contribution in [0.1, 0.15) is 81.0 Å². The van der Waals surface area contributed by atoms with Gasteiger partial charge in [-0.2, -0.15) is 0 Å². The second-order valence-corrected chi connectivity index (χ2v) is 5.97. The number of ether oxygens (including phenoxy) is 3. The molecule has 0 spiro atoms. The molecule has 0 saturated carbocycles. The summed E-state index contributed by atoms with van der Waals surface area (Å²) in [6.45, 7) is 9.52. The fourth-order valence-corrected chi connectivity index (χ4v) is 1.82. The van der Waals surface area contributed by atoms with Crippen LogP contribution in [0, 0.1) is 0 Å². The molecular formula is C22H34O8. The number of esters is 3. The number of carboxylic acid groups (broad SMARTS) is 1. The van der Waals surface area contributed by atoms with E-state index in [1.165, 1.54) is 6.92 Å². The van der Waals surface area contributed by atoms with E-state index in [2.05, 4.69) is 4.74 Å². The molecular weight excluding hydrogens is 392 g/mol. The standard InChI is InChI=1S/C16H22O4.C4H8O2.C2H4O2/c1-3-5-11-19-15(17)13-9-7-8-10-14(13)16(18)20-12-6-4-2;1-3-6-4(2)5;1-2(3)4/h7-10H,3-6,11-12H2,1-2H3;3H2,1-2H3;1H3,(H,3,4). The molecule has 1 rings (SSSR count). The van der Waals surface area contributed by atoms with Gasteiger partial charge in [0.15, 0.2) is 0 Å². The van der Waals surface area contributed by atoms with Crippen molar-refractivity contribution in [2.75, 3.05) is 19.8 Å². The molecule has 8 nitrogen and oxygen atoms in total. The van der Waals surface area contributed by atoms with Gasteiger partial charge in [-0.15, -0.1) is 0 Å². The molecule has 0 fully saturated rings. The number of hydrogen-bond acceptors (Lipinski definition) is 7. The lowest BCUT2D eigenvalue weighted by atomic mass is 10.1. The minimum absolute atomic E-state index is 0.211. The molecule has 0 radical (unpaired) electrons. The zero-order valence-corrected chi connectivity index (χ0v) is 18.6. The number of unbranched alkanes of at least 4 members (excludes halogenated alkanes) is 2. The highest BCUT2D eigenvalue weighted by Gasteiger charge is 2.18. The highest BCUT2D eigenvalue weighted by Crippen LogP contribution is 2.12. The minimum atomic E-state index is -0.833. The summed E-state index contributed by atoms with van der Waals surface area (Å²) in [5, 5.41) is 7.42. The zero-order valence-electron chi connectivity index (χ0n) is 18.6. The SMILES string of the molecule is CC(=O)O.CCCCOC(=O)c1ccccc1C(=O)OCCCC.CCOC(C)=O. The van der Waals surface area contributed by atoms with E-state index in [4.69, 9.17) is 19.4 Å². The van der Waals surface area contributed by atoms with Gasteiger partial charge in [0.1, 0.15) is 0 Å². The fourth-order valence-electron chi connectivity index (χ4n) is 1.82. The summed E-state index contributed by atoms with van der Waals surface area (Å²) in [4.78, 5) is 42.7. The molecule has 170 valence electrons. The smallest absolute Gasteiger partial charge is 0.339 e. The monoisotopic (exact) mass is 426 g/mol. The Balaban J connectivity index is 0. The topological polar surface area (TPSA) is 116 Å². The van der Waals surface area contributed by atoms with Crippen LogP contribution in [0.25, 0.3) is 0 Å². The molecule has 0 aromatic heterocycles. The Morgan fingerprint density at radius 3 is 1.37 bits per heavy atom. The first-order valence-electron chi connectivity index (χ1n) is 9.97. The summed E-state index contributed by atoms with van der Waals surface area (Å²) in [5.41, 5.74) is 0.537. The van der Waals surface area contributed by atoms with Crippen LogP contribution in [0.3, 0.4) is 0 Å². The van der Waals surface area contributed by atoms with Crippen molar-refractivity contribution in [2.45, 2.75) is 60.3 Å². The van der Waals surface area contributed by atoms with Gasteiger partial charge in [-0.1, -0.05) is 38.8 Å². The first kappa shape index (κ1) is 29.3. The molecule has 0 atom stereocenters. The quantitative estimate of drug-likeness (QED) is 0.354. The van der Waals surface area contributed by atoms with E-state index in [1.807, 2.05) is 13.8 Å². The van der Waals surface area contributed by atoms with Crippen molar-refractivity contribution >= 4 is 23.9 Å². The highest BCUT2D eigenvalue weighted by molar-refractivity contribution is 6.03. The lowest BCUT2D eigenvalue weighted by Gasteiger charge is -2.09. The van der Waals surface area contributed by atoms with Crippen molar-refractivity contribution in [3.05, 3.63) is 35.4 Å². The third kappa shape index (κ3) is 17.2. The zero-order chi connectivity index (χ0) is 23.4. The van der Waals surface area contributed by atoms with Crippen molar-refractivity contribution in [1.29, 1.82) is 0 Å². The summed E-state index contributed by atoms with van der Waals surface area (Å²) in [5.74, 6) is -1.99. The number of hydrogen-bond donors (Lipinski definition) is 1. The maximum Gasteiger partial charge on any atom is 0.339 e. The third-order valence-corrected chi connectivity index (χ3v) is 3.18. The molecule has 0 aliphatic heterocycles. The highest BCUT2D eigenvalue weighted by atomic mass is 16.5. The van der Waals surface area contributed by atoms with Gasteiger partial charge < -0.3 is 19.3 Å². The van der Waals surface area contributed by atoms with E-state index in [1.54, 1.807) is 31.2 Å². The van der Waals surface area contributed by atoms with E-state index in [-0.39, 0.29) is 17.1 Å². The average molecular weight is 427 g/mol. The number of benzene rings is 1. The van der Waals surface area contributed by atoms with Crippen molar-refractivity contribution < 1.29 is 38.5 Å². The largest absolute Gasteiger partial charge is 0.481 e. The van der Waals surface area contributed by atoms with Crippen LogP contribution in [-0.4, -0.2) is 48.8 Å². The predicted octanol–water partition coefficient (Wildman–Crippen LogP) is 4.26. The van der Waals surface area contributed by atoms with Gasteiger partial charge in [-0.05, 0) is 31.9 Å². The summed E-state index contributed by atoms with van der Waals surface area (Å²) >= 11 is 0. The number of carbonyl (C=O) groups is 4. The molecule has 8 heteroatoms. The van der Waals surface area contributed by atoms with Crippen molar-refractivity contribution in [1.82, 2.24) is 0 Å². The van der Waals surface area contributed by atoms with E-state index in [0.29, 0.717) is 19.8 Å². The van der Waals surface area contributed by atoms with Crippen LogP contribution >= 0.6 is 0 Å². The first-order valence-corrected chi connectivity index (χ1v) is 9.97. The summed E-state index contributed by atoms with van der Waals surface area (Å²) in [6.07, 6.45) is 3.53. The number of rotatable bonds is 9. The molecule has 0 bridgehead atoms. The predicted molar refractivity (Wildman–Crippen MR) is 112 cm³/mol. The van der Waals surface area contributed by atoms with Crippen LogP contribution in [-0.2, 0) is 23.8 Å². The van der Waals surface area contributed by atoms with E-state index in [9.17, 15) is 14.4 Å². The Morgan fingerprint density at radius 2 is 1.13 bits per heavy atom. The molecule has 0 aliphatic rings. The van der Waals surface area contributed by atoms with Gasteiger partial charge in [-0.3, -0.25) is 9.59 Å². The van der Waals surface area contributed by atoms with E-state index < -0.39 is 17.9 Å². The van der Waals surface area contributed by atoms with Gasteiger partial charge in [-0.25, -0.2) is 9.59 Å². The Labute approximate surface area is 178 Å². The lowest BCUT2D eigenvalue weighted by Crippen LogP contribution is -2.14. The molecule has 1 N–H and O–H groups in total. The number of aliphatic carboxylic acids is 1. The van der Waals surface area contributed by atoms with Gasteiger partial charge in [0.2, 0.25) is 0 Å². The second kappa shape index (κ2) is 19.4. The normalized spacial score (nSPS) is 9.10. The van der Waals surface area contributed by atoms with Crippen molar-refractivity contribution in [3.8, 4) is 0 Å². The fraction of sp³-hybridized carbons (Fsp3) is 0.545. The van der Waals surface area contributed by atoms with E-state index in [0.717, 1.165) is 32.6 Å². The third-order valence-electron chi connectivity index (χ3n) is 3.18. The van der Waals surface area contributed by atoms with Gasteiger partial charge in [0.05, 0.1) is 30.9 Å². The minimum Gasteiger partial charge on any atom is -0.481 e. The van der Waals surface area contributed by atoms with Crippen LogP contribution in [0.4, 0.5) is 0 Å². The number of carbonyl (C=O) groups excluding carboxylic acids is 3. The average Bonchev–Trinajstić information content (AvgIpc) is 2.68. The Morgan fingerprint density at radius 1 is 0.767 bits per heavy atom. The lowest BCUT2D eigenvalue weighted by molar-refractivity contribution is -0.140. The Bertz CT molecular complexity index is 595. The van der Waals surface area contributed by atoms with Crippen LogP contribution in [0.15, 0.2) is 24.3 Å². The van der Waals surface area contributed by atoms with Crippen LogP contribution in [0.5, 0.6) is 0 Å². The Hall–Kier alpha value is -2.90. The summed E-state index contributed by atoms with van der Waals surface area (Å²) < 4.78 is 14.7. The number of carboxylic acids is 1. The van der Waals surface area contributed by atoms with Gasteiger partial charge >= 0.3 is 17.9 Å². The molecule has 0 unspecified atom stereocenters. The molecule has 0 saturated heterocycles. The van der Waals surface area contributed by atoms with Crippen molar-refractivity contribution in [2.24, 2.45) is 0 Å². The molecule has 0 amide bonds. The second-order valence-electron chi connectivity index (χ2n) is 5.97. The maximum atomic E-state index is 11.9. The maximum absolute atomic E-state index is 11.9. The first-order chi connectivity index (χ1) is 14.2. The molecule has 1 aromatic carbocycles. The summed E-state index contributed by atoms with van der Waals surface area (Å²) in [7, 11) is 0. The molecule has 1 aromatic rings.